The molecular weight excluding hydrogens is 238 g/mol. The monoisotopic (exact) mass is 265 g/mol. The maximum absolute atomic E-state index is 3.63. The van der Waals surface area contributed by atoms with Crippen LogP contribution in [0, 0.1) is 6.92 Å². The Balaban J connectivity index is 2.14. The van der Waals surface area contributed by atoms with Gasteiger partial charge in [-0.2, -0.15) is 11.8 Å². The Labute approximate surface area is 117 Å². The van der Waals surface area contributed by atoms with Crippen LogP contribution < -0.4 is 5.32 Å². The summed E-state index contributed by atoms with van der Waals surface area (Å²) in [5.41, 5.74) is 2.82. The first-order chi connectivity index (χ1) is 8.75. The van der Waals surface area contributed by atoms with Gasteiger partial charge in [0.15, 0.2) is 0 Å². The minimum Gasteiger partial charge on any atom is -0.310 e. The van der Waals surface area contributed by atoms with Crippen molar-refractivity contribution >= 4 is 11.8 Å². The fourth-order valence-electron chi connectivity index (χ4n) is 2.23. The van der Waals surface area contributed by atoms with Gasteiger partial charge in [-0.15, -0.1) is 0 Å². The van der Waals surface area contributed by atoms with Crippen molar-refractivity contribution in [3.8, 4) is 0 Å². The van der Waals surface area contributed by atoms with Gasteiger partial charge in [-0.05, 0) is 56.4 Å². The Bertz CT molecular complexity index is 325. The molecule has 0 saturated heterocycles. The summed E-state index contributed by atoms with van der Waals surface area (Å²) in [6, 6.07) is 9.12. The second kappa shape index (κ2) is 9.46. The van der Waals surface area contributed by atoms with Crippen LogP contribution in [0.4, 0.5) is 0 Å². The van der Waals surface area contributed by atoms with Crippen LogP contribution in [0.25, 0.3) is 0 Å². The van der Waals surface area contributed by atoms with Gasteiger partial charge in [0.25, 0.3) is 0 Å². The molecule has 102 valence electrons. The van der Waals surface area contributed by atoms with E-state index in [-0.39, 0.29) is 0 Å². The second-order valence-electron chi connectivity index (χ2n) is 4.94. The highest BCUT2D eigenvalue weighted by Crippen LogP contribution is 2.16. The summed E-state index contributed by atoms with van der Waals surface area (Å²) in [6.45, 7) is 5.58. The topological polar surface area (TPSA) is 12.0 Å². The van der Waals surface area contributed by atoms with E-state index >= 15 is 0 Å². The van der Waals surface area contributed by atoms with Crippen LogP contribution in [0.1, 0.15) is 49.8 Å². The number of rotatable bonds is 9. The molecule has 0 aliphatic rings. The normalized spacial score (nSPS) is 12.6. The number of thioether (sulfide) groups is 1. The SMILES string of the molecule is CSCCCCCCNC(C)c1ccccc1C. The molecule has 1 atom stereocenters. The zero-order valence-corrected chi connectivity index (χ0v) is 12.9. The smallest absolute Gasteiger partial charge is 0.0294 e. The fourth-order valence-corrected chi connectivity index (χ4v) is 2.72. The van der Waals surface area contributed by atoms with Gasteiger partial charge in [0.2, 0.25) is 0 Å². The number of unbranched alkanes of at least 4 members (excludes halogenated alkanes) is 3. The lowest BCUT2D eigenvalue weighted by molar-refractivity contribution is 0.535. The van der Waals surface area contributed by atoms with Gasteiger partial charge < -0.3 is 5.32 Å². The van der Waals surface area contributed by atoms with Crippen molar-refractivity contribution in [2.75, 3.05) is 18.6 Å². The minimum absolute atomic E-state index is 0.470. The largest absolute Gasteiger partial charge is 0.310 e. The molecular formula is C16H27NS. The van der Waals surface area contributed by atoms with Gasteiger partial charge in [-0.3, -0.25) is 0 Å². The van der Waals surface area contributed by atoms with E-state index in [0.29, 0.717) is 6.04 Å². The summed E-state index contributed by atoms with van der Waals surface area (Å²) in [5, 5.41) is 3.63. The Hall–Kier alpha value is -0.470. The van der Waals surface area contributed by atoms with Crippen LogP contribution in [0.15, 0.2) is 24.3 Å². The summed E-state index contributed by atoms with van der Waals surface area (Å²) in [4.78, 5) is 0. The second-order valence-corrected chi connectivity index (χ2v) is 5.93. The maximum Gasteiger partial charge on any atom is 0.0294 e. The molecule has 0 aliphatic heterocycles. The average molecular weight is 265 g/mol. The molecule has 0 fully saturated rings. The van der Waals surface area contributed by atoms with Gasteiger partial charge in [0.1, 0.15) is 0 Å². The van der Waals surface area contributed by atoms with Crippen LogP contribution >= 0.6 is 11.8 Å². The maximum atomic E-state index is 3.63. The highest BCUT2D eigenvalue weighted by molar-refractivity contribution is 7.98. The highest BCUT2D eigenvalue weighted by Gasteiger charge is 2.05. The average Bonchev–Trinajstić information content (AvgIpc) is 2.38. The lowest BCUT2D eigenvalue weighted by atomic mass is 10.0. The molecule has 18 heavy (non-hydrogen) atoms. The molecule has 1 nitrogen and oxygen atoms in total. The third kappa shape index (κ3) is 5.92. The van der Waals surface area contributed by atoms with Crippen molar-refractivity contribution in [3.63, 3.8) is 0 Å². The summed E-state index contributed by atoms with van der Waals surface area (Å²) >= 11 is 1.95. The molecule has 1 unspecified atom stereocenters. The molecule has 1 aromatic carbocycles. The van der Waals surface area contributed by atoms with Crippen molar-refractivity contribution in [2.24, 2.45) is 0 Å². The third-order valence-corrected chi connectivity index (χ3v) is 4.08. The van der Waals surface area contributed by atoms with Gasteiger partial charge in [0.05, 0.1) is 0 Å². The molecule has 0 amide bonds. The van der Waals surface area contributed by atoms with E-state index in [1.165, 1.54) is 42.6 Å². The minimum atomic E-state index is 0.470. The Morgan fingerprint density at radius 2 is 1.83 bits per heavy atom. The van der Waals surface area contributed by atoms with Crippen molar-refractivity contribution in [3.05, 3.63) is 35.4 Å². The molecule has 2 heteroatoms. The first-order valence-electron chi connectivity index (χ1n) is 7.03. The van der Waals surface area contributed by atoms with Gasteiger partial charge in [-0.25, -0.2) is 0 Å². The van der Waals surface area contributed by atoms with Crippen molar-refractivity contribution in [1.82, 2.24) is 5.32 Å². The number of aryl methyl sites for hydroxylation is 1. The predicted molar refractivity (Wildman–Crippen MR) is 84.4 cm³/mol. The van der Waals surface area contributed by atoms with E-state index in [9.17, 15) is 0 Å². The number of hydrogen-bond acceptors (Lipinski definition) is 2. The molecule has 0 aromatic heterocycles. The van der Waals surface area contributed by atoms with E-state index in [4.69, 9.17) is 0 Å². The van der Waals surface area contributed by atoms with E-state index < -0.39 is 0 Å². The number of benzene rings is 1. The molecule has 1 rings (SSSR count). The molecule has 0 aliphatic carbocycles. The lowest BCUT2D eigenvalue weighted by Crippen LogP contribution is -2.20. The van der Waals surface area contributed by atoms with Crippen LogP contribution in [-0.4, -0.2) is 18.6 Å². The van der Waals surface area contributed by atoms with Crippen molar-refractivity contribution in [2.45, 2.75) is 45.6 Å². The molecule has 1 aromatic rings. The lowest BCUT2D eigenvalue weighted by Gasteiger charge is -2.16. The van der Waals surface area contributed by atoms with Gasteiger partial charge >= 0.3 is 0 Å². The van der Waals surface area contributed by atoms with Crippen LogP contribution in [0.2, 0.25) is 0 Å². The zero-order valence-electron chi connectivity index (χ0n) is 12.0. The molecule has 0 spiro atoms. The predicted octanol–water partition coefficient (Wildman–Crippen LogP) is 4.57. The van der Waals surface area contributed by atoms with Gasteiger partial charge in [-0.1, -0.05) is 37.1 Å². The zero-order chi connectivity index (χ0) is 13.2. The Morgan fingerprint density at radius 3 is 2.56 bits per heavy atom. The summed E-state index contributed by atoms with van der Waals surface area (Å²) in [6.07, 6.45) is 7.58. The van der Waals surface area contributed by atoms with Gasteiger partial charge in [0, 0.05) is 6.04 Å². The van der Waals surface area contributed by atoms with E-state index in [2.05, 4.69) is 49.7 Å². The van der Waals surface area contributed by atoms with Crippen LogP contribution in [-0.2, 0) is 0 Å². The van der Waals surface area contributed by atoms with E-state index in [0.717, 1.165) is 6.54 Å². The summed E-state index contributed by atoms with van der Waals surface area (Å²) < 4.78 is 0. The molecule has 0 heterocycles. The highest BCUT2D eigenvalue weighted by atomic mass is 32.2. The molecule has 1 N–H and O–H groups in total. The molecule has 0 bridgehead atoms. The Kier molecular flexibility index (Phi) is 8.19. The fraction of sp³-hybridized carbons (Fsp3) is 0.625. The van der Waals surface area contributed by atoms with Crippen LogP contribution in [0.5, 0.6) is 0 Å². The number of nitrogens with one attached hydrogen (secondary N) is 1. The standard InChI is InChI=1S/C16H27NS/c1-14-10-6-7-11-16(14)15(2)17-12-8-4-5-9-13-18-3/h6-7,10-11,15,17H,4-5,8-9,12-13H2,1-3H3. The first-order valence-corrected chi connectivity index (χ1v) is 8.43. The quantitative estimate of drug-likeness (QED) is 0.656. The summed E-state index contributed by atoms with van der Waals surface area (Å²) in [7, 11) is 0. The van der Waals surface area contributed by atoms with E-state index in [1.807, 2.05) is 11.8 Å². The summed E-state index contributed by atoms with van der Waals surface area (Å²) in [5.74, 6) is 1.31. The molecule has 0 radical (unpaired) electrons. The molecule has 0 saturated carbocycles. The third-order valence-electron chi connectivity index (χ3n) is 3.38. The van der Waals surface area contributed by atoms with Crippen molar-refractivity contribution < 1.29 is 0 Å². The Morgan fingerprint density at radius 1 is 1.11 bits per heavy atom. The van der Waals surface area contributed by atoms with Crippen molar-refractivity contribution in [1.29, 1.82) is 0 Å². The number of hydrogen-bond donors (Lipinski definition) is 1. The van der Waals surface area contributed by atoms with E-state index in [1.54, 1.807) is 0 Å². The van der Waals surface area contributed by atoms with Crippen LogP contribution in [0.3, 0.4) is 0 Å². The first kappa shape index (κ1) is 15.6.